The summed E-state index contributed by atoms with van der Waals surface area (Å²) in [7, 11) is 3.75. The van der Waals surface area contributed by atoms with Gasteiger partial charge in [0.05, 0.1) is 24.4 Å². The zero-order valence-corrected chi connectivity index (χ0v) is 19.4. The summed E-state index contributed by atoms with van der Waals surface area (Å²) >= 11 is 0. The molecule has 2 heterocycles. The van der Waals surface area contributed by atoms with Crippen molar-refractivity contribution in [2.24, 2.45) is 5.10 Å². The van der Waals surface area contributed by atoms with Crippen molar-refractivity contribution in [3.63, 3.8) is 0 Å². The van der Waals surface area contributed by atoms with Gasteiger partial charge >= 0.3 is 0 Å². The third-order valence-corrected chi connectivity index (χ3v) is 6.26. The standard InChI is InChI=1S/C27H27N5O2/c1-31-13-15-32(16-14-31)27(33)23-17-26(29-24-10-6-5-8-21(23)24)30-28-18-19-11-12-25(34-2)22-9-4-3-7-20(19)22/h3-12,17-18H,13-16H2,1-2H3,(H,29,30)/b28-18+. The number of anilines is 1. The van der Waals surface area contributed by atoms with Gasteiger partial charge in [0.2, 0.25) is 0 Å². The molecule has 3 aromatic carbocycles. The molecule has 0 atom stereocenters. The Bertz CT molecular complexity index is 1380. The van der Waals surface area contributed by atoms with Gasteiger partial charge in [0.15, 0.2) is 0 Å². The zero-order valence-electron chi connectivity index (χ0n) is 19.4. The number of fused-ring (bicyclic) bond motifs is 2. The predicted molar refractivity (Wildman–Crippen MR) is 137 cm³/mol. The highest BCUT2D eigenvalue weighted by atomic mass is 16.5. The van der Waals surface area contributed by atoms with E-state index in [0.29, 0.717) is 11.4 Å². The second-order valence-electron chi connectivity index (χ2n) is 8.44. The van der Waals surface area contributed by atoms with E-state index in [1.807, 2.05) is 65.6 Å². The molecule has 1 amide bonds. The molecule has 1 aliphatic rings. The van der Waals surface area contributed by atoms with Gasteiger partial charge in [-0.3, -0.25) is 10.2 Å². The lowest BCUT2D eigenvalue weighted by Crippen LogP contribution is -2.47. The van der Waals surface area contributed by atoms with Crippen molar-refractivity contribution in [3.8, 4) is 5.75 Å². The van der Waals surface area contributed by atoms with Crippen LogP contribution in [0.1, 0.15) is 15.9 Å². The Hall–Kier alpha value is -3.97. The van der Waals surface area contributed by atoms with E-state index in [4.69, 9.17) is 4.74 Å². The van der Waals surface area contributed by atoms with Crippen LogP contribution in [0, 0.1) is 0 Å². The van der Waals surface area contributed by atoms with Crippen molar-refractivity contribution in [2.45, 2.75) is 0 Å². The number of benzene rings is 3. The monoisotopic (exact) mass is 453 g/mol. The van der Waals surface area contributed by atoms with Crippen molar-refractivity contribution in [2.75, 3.05) is 45.8 Å². The van der Waals surface area contributed by atoms with Crippen LogP contribution in [0.3, 0.4) is 0 Å². The van der Waals surface area contributed by atoms with Gasteiger partial charge in [-0.25, -0.2) is 4.98 Å². The van der Waals surface area contributed by atoms with Gasteiger partial charge in [-0.2, -0.15) is 5.10 Å². The summed E-state index contributed by atoms with van der Waals surface area (Å²) < 4.78 is 5.48. The number of carbonyl (C=O) groups is 1. The molecule has 7 nitrogen and oxygen atoms in total. The lowest BCUT2D eigenvalue weighted by Gasteiger charge is -2.32. The largest absolute Gasteiger partial charge is 0.496 e. The first kappa shape index (κ1) is 21.9. The van der Waals surface area contributed by atoms with Crippen molar-refractivity contribution < 1.29 is 9.53 Å². The SMILES string of the molecule is COc1ccc(/C=N/Nc2cc(C(=O)N3CCN(C)CC3)c3ccccc3n2)c2ccccc12. The van der Waals surface area contributed by atoms with Crippen LogP contribution in [-0.2, 0) is 0 Å². The molecule has 0 spiro atoms. The van der Waals surface area contributed by atoms with E-state index in [-0.39, 0.29) is 5.91 Å². The first-order chi connectivity index (χ1) is 16.6. The topological polar surface area (TPSA) is 70.1 Å². The average molecular weight is 454 g/mol. The third-order valence-electron chi connectivity index (χ3n) is 6.26. The first-order valence-corrected chi connectivity index (χ1v) is 11.4. The molecule has 34 heavy (non-hydrogen) atoms. The molecule has 0 radical (unpaired) electrons. The molecule has 7 heteroatoms. The second-order valence-corrected chi connectivity index (χ2v) is 8.44. The maximum Gasteiger partial charge on any atom is 0.254 e. The molecule has 4 aromatic rings. The summed E-state index contributed by atoms with van der Waals surface area (Å²) in [4.78, 5) is 22.2. The highest BCUT2D eigenvalue weighted by molar-refractivity contribution is 6.07. The third kappa shape index (κ3) is 4.30. The minimum absolute atomic E-state index is 0.0277. The zero-order chi connectivity index (χ0) is 23.5. The van der Waals surface area contributed by atoms with Gasteiger partial charge in [0.1, 0.15) is 11.6 Å². The van der Waals surface area contributed by atoms with Crippen LogP contribution >= 0.6 is 0 Å². The number of rotatable bonds is 5. The Kier molecular flexibility index (Phi) is 6.10. The average Bonchev–Trinajstić information content (AvgIpc) is 2.88. The lowest BCUT2D eigenvalue weighted by atomic mass is 10.0. The summed E-state index contributed by atoms with van der Waals surface area (Å²) in [5.74, 6) is 1.38. The van der Waals surface area contributed by atoms with E-state index >= 15 is 0 Å². The summed E-state index contributed by atoms with van der Waals surface area (Å²) in [5, 5.41) is 7.36. The quantitative estimate of drug-likeness (QED) is 0.362. The molecular formula is C27H27N5O2. The Balaban J connectivity index is 1.44. The summed E-state index contributed by atoms with van der Waals surface area (Å²) in [6.45, 7) is 3.19. The Morgan fingerprint density at radius 2 is 1.68 bits per heavy atom. The van der Waals surface area contributed by atoms with E-state index in [0.717, 1.165) is 59.2 Å². The fraction of sp³-hybridized carbons (Fsp3) is 0.222. The number of amides is 1. The van der Waals surface area contributed by atoms with Gasteiger partial charge < -0.3 is 14.5 Å². The number of hydrogen-bond donors (Lipinski definition) is 1. The molecule has 0 bridgehead atoms. The van der Waals surface area contributed by atoms with Crippen LogP contribution in [0.4, 0.5) is 5.82 Å². The minimum atomic E-state index is 0.0277. The number of likely N-dealkylation sites (N-methyl/N-ethyl adjacent to an activating group) is 1. The van der Waals surface area contributed by atoms with Gasteiger partial charge in [0, 0.05) is 42.5 Å². The molecule has 1 aliphatic heterocycles. The number of pyridine rings is 1. The predicted octanol–water partition coefficient (Wildman–Crippen LogP) is 4.23. The van der Waals surface area contributed by atoms with E-state index in [9.17, 15) is 4.79 Å². The molecule has 1 fully saturated rings. The van der Waals surface area contributed by atoms with Crippen LogP contribution in [0.15, 0.2) is 71.8 Å². The van der Waals surface area contributed by atoms with Crippen molar-refractivity contribution in [3.05, 3.63) is 77.9 Å². The van der Waals surface area contributed by atoms with E-state index < -0.39 is 0 Å². The number of nitrogens with one attached hydrogen (secondary N) is 1. The molecular weight excluding hydrogens is 426 g/mol. The number of methoxy groups -OCH3 is 1. The molecule has 1 aromatic heterocycles. The Morgan fingerprint density at radius 1 is 0.971 bits per heavy atom. The van der Waals surface area contributed by atoms with Crippen molar-refractivity contribution >= 4 is 39.6 Å². The number of hydrazone groups is 1. The molecule has 5 rings (SSSR count). The molecule has 0 saturated carbocycles. The van der Waals surface area contributed by atoms with Gasteiger partial charge in [-0.05, 0) is 36.7 Å². The van der Waals surface area contributed by atoms with Crippen LogP contribution in [0.5, 0.6) is 5.75 Å². The smallest absolute Gasteiger partial charge is 0.254 e. The number of nitrogens with zero attached hydrogens (tertiary/aromatic N) is 4. The second kappa shape index (κ2) is 9.49. The number of hydrogen-bond acceptors (Lipinski definition) is 6. The van der Waals surface area contributed by atoms with E-state index in [1.165, 1.54) is 0 Å². The van der Waals surface area contributed by atoms with Gasteiger partial charge in [0.25, 0.3) is 5.91 Å². The normalized spacial score (nSPS) is 14.7. The minimum Gasteiger partial charge on any atom is -0.496 e. The lowest BCUT2D eigenvalue weighted by molar-refractivity contribution is 0.0666. The highest BCUT2D eigenvalue weighted by Gasteiger charge is 2.22. The summed E-state index contributed by atoms with van der Waals surface area (Å²) in [6, 6.07) is 21.5. The van der Waals surface area contributed by atoms with Gasteiger partial charge in [-0.15, -0.1) is 0 Å². The van der Waals surface area contributed by atoms with E-state index in [1.54, 1.807) is 19.4 Å². The highest BCUT2D eigenvalue weighted by Crippen LogP contribution is 2.28. The molecule has 0 unspecified atom stereocenters. The van der Waals surface area contributed by atoms with Crippen molar-refractivity contribution in [1.29, 1.82) is 0 Å². The number of aromatic nitrogens is 1. The molecule has 0 aliphatic carbocycles. The van der Waals surface area contributed by atoms with Crippen LogP contribution in [0.25, 0.3) is 21.7 Å². The number of piperazine rings is 1. The summed E-state index contributed by atoms with van der Waals surface area (Å²) in [6.07, 6.45) is 1.76. The van der Waals surface area contributed by atoms with Crippen LogP contribution in [-0.4, -0.2) is 67.2 Å². The van der Waals surface area contributed by atoms with E-state index in [2.05, 4.69) is 27.5 Å². The number of carbonyl (C=O) groups excluding carboxylic acids is 1. The maximum atomic E-state index is 13.4. The summed E-state index contributed by atoms with van der Waals surface area (Å²) in [5.41, 5.74) is 5.39. The maximum absolute atomic E-state index is 13.4. The molecule has 172 valence electrons. The fourth-order valence-electron chi connectivity index (χ4n) is 4.34. The first-order valence-electron chi connectivity index (χ1n) is 11.4. The van der Waals surface area contributed by atoms with Crippen molar-refractivity contribution in [1.82, 2.24) is 14.8 Å². The van der Waals surface area contributed by atoms with Crippen LogP contribution < -0.4 is 10.2 Å². The van der Waals surface area contributed by atoms with Crippen LogP contribution in [0.2, 0.25) is 0 Å². The number of para-hydroxylation sites is 1. The molecule has 1 saturated heterocycles. The fourth-order valence-corrected chi connectivity index (χ4v) is 4.34. The Morgan fingerprint density at radius 3 is 2.44 bits per heavy atom. The molecule has 1 N–H and O–H groups in total. The Labute approximate surface area is 198 Å². The van der Waals surface area contributed by atoms with Gasteiger partial charge in [-0.1, -0.05) is 42.5 Å². The number of ether oxygens (including phenoxy) is 1.